The fraction of sp³-hybridized carbons (Fsp3) is 0.286. The average Bonchev–Trinajstić information content (AvgIpc) is 3.39. The summed E-state index contributed by atoms with van der Waals surface area (Å²) in [5.74, 6) is 0.927. The summed E-state index contributed by atoms with van der Waals surface area (Å²) in [6.07, 6.45) is 9.13. The van der Waals surface area contributed by atoms with Crippen LogP contribution in [0.15, 0.2) is 55.1 Å². The van der Waals surface area contributed by atoms with Crippen LogP contribution in [-0.2, 0) is 7.05 Å². The van der Waals surface area contributed by atoms with Gasteiger partial charge in [0.05, 0.1) is 0 Å². The van der Waals surface area contributed by atoms with Gasteiger partial charge < -0.3 is 4.90 Å². The average molecular weight is 387 g/mol. The van der Waals surface area contributed by atoms with E-state index in [1.54, 1.807) is 30.2 Å². The molecule has 0 aromatic carbocycles. The molecule has 0 aliphatic carbocycles. The lowest BCUT2D eigenvalue weighted by Crippen LogP contribution is -2.40. The van der Waals surface area contributed by atoms with Gasteiger partial charge in [-0.2, -0.15) is 10.2 Å². The monoisotopic (exact) mass is 387 g/mol. The number of aromatic nitrogens is 6. The molecule has 1 atom stereocenters. The molecule has 1 aliphatic heterocycles. The predicted molar refractivity (Wildman–Crippen MR) is 107 cm³/mol. The van der Waals surface area contributed by atoms with Crippen molar-refractivity contribution >= 4 is 11.6 Å². The summed E-state index contributed by atoms with van der Waals surface area (Å²) < 4.78 is 3.44. The number of hydrogen-bond donors (Lipinski definition) is 0. The first-order valence-electron chi connectivity index (χ1n) is 9.73. The molecule has 0 spiro atoms. The van der Waals surface area contributed by atoms with Gasteiger partial charge in [-0.25, -0.2) is 9.50 Å². The van der Waals surface area contributed by atoms with Crippen LogP contribution < -0.4 is 0 Å². The third-order valence-electron chi connectivity index (χ3n) is 5.46. The van der Waals surface area contributed by atoms with E-state index in [0.717, 1.165) is 42.0 Å². The van der Waals surface area contributed by atoms with Crippen LogP contribution in [0.1, 0.15) is 35.1 Å². The van der Waals surface area contributed by atoms with Crippen molar-refractivity contribution in [2.45, 2.75) is 18.8 Å². The van der Waals surface area contributed by atoms with E-state index in [9.17, 15) is 4.79 Å². The van der Waals surface area contributed by atoms with E-state index in [1.165, 1.54) is 0 Å². The van der Waals surface area contributed by atoms with Crippen molar-refractivity contribution in [2.24, 2.45) is 7.05 Å². The Hall–Kier alpha value is -3.55. The molecule has 1 unspecified atom stereocenters. The highest BCUT2D eigenvalue weighted by Crippen LogP contribution is 2.27. The molecule has 1 fully saturated rings. The number of fused-ring (bicyclic) bond motifs is 1. The van der Waals surface area contributed by atoms with Crippen molar-refractivity contribution in [3.8, 4) is 11.1 Å². The van der Waals surface area contributed by atoms with Crippen LogP contribution in [0.5, 0.6) is 0 Å². The topological polar surface area (TPSA) is 81.2 Å². The van der Waals surface area contributed by atoms with Gasteiger partial charge in [0, 0.05) is 62.0 Å². The first kappa shape index (κ1) is 17.5. The lowest BCUT2D eigenvalue weighted by atomic mass is 9.97. The Kier molecular flexibility index (Phi) is 4.31. The van der Waals surface area contributed by atoms with Crippen molar-refractivity contribution in [2.75, 3.05) is 13.1 Å². The summed E-state index contributed by atoms with van der Waals surface area (Å²) in [7, 11) is 1.79. The smallest absolute Gasteiger partial charge is 0.272 e. The number of amides is 1. The van der Waals surface area contributed by atoms with Crippen LogP contribution in [0, 0.1) is 0 Å². The first-order valence-corrected chi connectivity index (χ1v) is 9.73. The van der Waals surface area contributed by atoms with Gasteiger partial charge in [0.25, 0.3) is 5.91 Å². The molecular weight excluding hydrogens is 366 g/mol. The van der Waals surface area contributed by atoms with Crippen molar-refractivity contribution < 1.29 is 4.79 Å². The van der Waals surface area contributed by atoms with Gasteiger partial charge in [0.1, 0.15) is 5.69 Å². The normalized spacial score (nSPS) is 17.0. The second-order valence-corrected chi connectivity index (χ2v) is 7.36. The van der Waals surface area contributed by atoms with Crippen molar-refractivity contribution in [3.05, 3.63) is 66.6 Å². The molecule has 1 saturated heterocycles. The number of likely N-dealkylation sites (tertiary alicyclic amines) is 1. The van der Waals surface area contributed by atoms with E-state index in [4.69, 9.17) is 10.1 Å². The molecule has 8 heteroatoms. The number of piperidine rings is 1. The molecule has 4 aromatic heterocycles. The van der Waals surface area contributed by atoms with Crippen LogP contribution in [0.4, 0.5) is 0 Å². The van der Waals surface area contributed by atoms with E-state index in [-0.39, 0.29) is 11.8 Å². The highest BCUT2D eigenvalue weighted by molar-refractivity contribution is 5.92. The van der Waals surface area contributed by atoms with Crippen LogP contribution in [0.25, 0.3) is 16.8 Å². The standard InChI is InChI=1S/C21H21N7O/c1-26-18(8-10-23-26)21(29)27-11-3-5-17(13-27)20-24-19-7-6-16(14-28(19)25-20)15-4-2-9-22-12-15/h2,4,6-10,12,14,17H,3,5,11,13H2,1H3. The van der Waals surface area contributed by atoms with Crippen molar-refractivity contribution in [1.82, 2.24) is 34.3 Å². The van der Waals surface area contributed by atoms with Crippen LogP contribution >= 0.6 is 0 Å². The van der Waals surface area contributed by atoms with Gasteiger partial charge in [0.2, 0.25) is 0 Å². The fourth-order valence-corrected chi connectivity index (χ4v) is 3.90. The van der Waals surface area contributed by atoms with Crippen molar-refractivity contribution in [1.29, 1.82) is 0 Å². The molecule has 8 nitrogen and oxygen atoms in total. The minimum Gasteiger partial charge on any atom is -0.337 e. The maximum Gasteiger partial charge on any atom is 0.272 e. The van der Waals surface area contributed by atoms with Crippen LogP contribution in [0.2, 0.25) is 0 Å². The van der Waals surface area contributed by atoms with Gasteiger partial charge in [-0.15, -0.1) is 0 Å². The first-order chi connectivity index (χ1) is 14.2. The highest BCUT2D eigenvalue weighted by atomic mass is 16.2. The summed E-state index contributed by atoms with van der Waals surface area (Å²) >= 11 is 0. The molecule has 5 rings (SSSR count). The zero-order valence-corrected chi connectivity index (χ0v) is 16.1. The Bertz CT molecular complexity index is 1160. The Morgan fingerprint density at radius 2 is 2.07 bits per heavy atom. The zero-order valence-electron chi connectivity index (χ0n) is 16.1. The number of hydrogen-bond acceptors (Lipinski definition) is 5. The number of carbonyl (C=O) groups is 1. The quantitative estimate of drug-likeness (QED) is 0.540. The Morgan fingerprint density at radius 1 is 1.14 bits per heavy atom. The molecular formula is C21H21N7O. The summed E-state index contributed by atoms with van der Waals surface area (Å²) in [4.78, 5) is 23.6. The summed E-state index contributed by atoms with van der Waals surface area (Å²) in [5, 5.41) is 8.83. The molecule has 1 amide bonds. The number of nitrogens with zero attached hydrogens (tertiary/aromatic N) is 7. The minimum atomic E-state index is 0.0114. The highest BCUT2D eigenvalue weighted by Gasteiger charge is 2.29. The molecule has 29 heavy (non-hydrogen) atoms. The molecule has 0 radical (unpaired) electrons. The van der Waals surface area contributed by atoms with E-state index < -0.39 is 0 Å². The largest absolute Gasteiger partial charge is 0.337 e. The third kappa shape index (κ3) is 3.26. The molecule has 4 aromatic rings. The number of carbonyl (C=O) groups excluding carboxylic acids is 1. The summed E-state index contributed by atoms with van der Waals surface area (Å²) in [5.41, 5.74) is 3.49. The maximum atomic E-state index is 12.8. The van der Waals surface area contributed by atoms with E-state index >= 15 is 0 Å². The van der Waals surface area contributed by atoms with Crippen LogP contribution in [0.3, 0.4) is 0 Å². The Morgan fingerprint density at radius 3 is 2.86 bits per heavy atom. The number of rotatable bonds is 3. The SMILES string of the molecule is Cn1nccc1C(=O)N1CCCC(c2nc3ccc(-c4cccnc4)cn3n2)C1. The predicted octanol–water partition coefficient (Wildman–Crippen LogP) is 2.54. The summed E-state index contributed by atoms with van der Waals surface area (Å²) in [6.45, 7) is 1.37. The number of aryl methyl sites for hydroxylation is 1. The van der Waals surface area contributed by atoms with Gasteiger partial charge >= 0.3 is 0 Å². The van der Waals surface area contributed by atoms with Crippen molar-refractivity contribution in [3.63, 3.8) is 0 Å². The molecule has 1 aliphatic rings. The molecule has 5 heterocycles. The Balaban J connectivity index is 1.40. The minimum absolute atomic E-state index is 0.0114. The van der Waals surface area contributed by atoms with E-state index in [0.29, 0.717) is 12.2 Å². The second-order valence-electron chi connectivity index (χ2n) is 7.36. The zero-order chi connectivity index (χ0) is 19.8. The Labute approximate surface area is 167 Å². The third-order valence-corrected chi connectivity index (χ3v) is 5.46. The molecule has 146 valence electrons. The summed E-state index contributed by atoms with van der Waals surface area (Å²) in [6, 6.07) is 9.70. The molecule has 0 bridgehead atoms. The van der Waals surface area contributed by atoms with Gasteiger partial charge in [0.15, 0.2) is 11.5 Å². The maximum absolute atomic E-state index is 12.8. The fourth-order valence-electron chi connectivity index (χ4n) is 3.90. The molecule has 0 saturated carbocycles. The van der Waals surface area contributed by atoms with Gasteiger partial charge in [-0.05, 0) is 37.1 Å². The van der Waals surface area contributed by atoms with E-state index in [2.05, 4.69) is 10.1 Å². The molecule has 0 N–H and O–H groups in total. The number of pyridine rings is 2. The van der Waals surface area contributed by atoms with Gasteiger partial charge in [-0.3, -0.25) is 14.5 Å². The lowest BCUT2D eigenvalue weighted by molar-refractivity contribution is 0.0693. The van der Waals surface area contributed by atoms with E-state index in [1.807, 2.05) is 46.1 Å². The van der Waals surface area contributed by atoms with Gasteiger partial charge in [-0.1, -0.05) is 6.07 Å². The second kappa shape index (κ2) is 7.12. The lowest BCUT2D eigenvalue weighted by Gasteiger charge is -2.31. The van der Waals surface area contributed by atoms with Crippen LogP contribution in [-0.4, -0.2) is 53.3 Å².